The number of aryl methyl sites for hydroxylation is 1. The maximum atomic E-state index is 5.46. The van der Waals surface area contributed by atoms with Crippen molar-refractivity contribution in [2.45, 2.75) is 33.1 Å². The lowest BCUT2D eigenvalue weighted by Crippen LogP contribution is -2.24. The number of nitrogens with zero attached hydrogens (tertiary/aromatic N) is 2. The molecule has 0 unspecified atom stereocenters. The fraction of sp³-hybridized carbons (Fsp3) is 0.750. The Labute approximate surface area is 103 Å². The van der Waals surface area contributed by atoms with Gasteiger partial charge in [0.15, 0.2) is 6.29 Å². The molecular formula is C12H23N3O2. The lowest BCUT2D eigenvalue weighted by Gasteiger charge is -2.16. The quantitative estimate of drug-likeness (QED) is 0.523. The van der Waals surface area contributed by atoms with E-state index in [1.807, 2.05) is 33.2 Å². The number of hydrogen-bond donors (Lipinski definition) is 1. The fourth-order valence-electron chi connectivity index (χ4n) is 1.58. The van der Waals surface area contributed by atoms with E-state index in [-0.39, 0.29) is 6.29 Å². The summed E-state index contributed by atoms with van der Waals surface area (Å²) in [6.07, 6.45) is 2.70. The van der Waals surface area contributed by atoms with Gasteiger partial charge in [-0.1, -0.05) is 0 Å². The van der Waals surface area contributed by atoms with Crippen LogP contribution in [0.25, 0.3) is 0 Å². The van der Waals surface area contributed by atoms with Crippen LogP contribution in [0.3, 0.4) is 0 Å². The molecule has 1 aromatic heterocycles. The van der Waals surface area contributed by atoms with E-state index in [2.05, 4.69) is 10.4 Å². The van der Waals surface area contributed by atoms with Crippen LogP contribution >= 0.6 is 0 Å². The third-order valence-electron chi connectivity index (χ3n) is 2.34. The van der Waals surface area contributed by atoms with Gasteiger partial charge < -0.3 is 14.8 Å². The minimum atomic E-state index is -0.0961. The van der Waals surface area contributed by atoms with Crippen LogP contribution in [0.2, 0.25) is 0 Å². The predicted octanol–water partition coefficient (Wildman–Crippen LogP) is 1.30. The van der Waals surface area contributed by atoms with Crippen LogP contribution in [0.4, 0.5) is 0 Å². The summed E-state index contributed by atoms with van der Waals surface area (Å²) in [6.45, 7) is 6.98. The number of hydrogen-bond acceptors (Lipinski definition) is 4. The summed E-state index contributed by atoms with van der Waals surface area (Å²) in [5, 5.41) is 7.62. The Kier molecular flexibility index (Phi) is 6.84. The van der Waals surface area contributed by atoms with Crippen LogP contribution in [0.1, 0.15) is 26.0 Å². The molecule has 0 aliphatic carbocycles. The average molecular weight is 241 g/mol. The second-order valence-electron chi connectivity index (χ2n) is 3.79. The van der Waals surface area contributed by atoms with E-state index in [4.69, 9.17) is 9.47 Å². The van der Waals surface area contributed by atoms with E-state index in [0.29, 0.717) is 13.2 Å². The summed E-state index contributed by atoms with van der Waals surface area (Å²) in [7, 11) is 1.92. The molecule has 1 aromatic rings. The van der Waals surface area contributed by atoms with Crippen LogP contribution in [0.15, 0.2) is 12.3 Å². The minimum absolute atomic E-state index is 0.0961. The zero-order valence-corrected chi connectivity index (χ0v) is 11.0. The molecule has 1 rings (SSSR count). The molecule has 0 spiro atoms. The van der Waals surface area contributed by atoms with Crippen LogP contribution in [0.5, 0.6) is 0 Å². The molecule has 5 heteroatoms. The number of rotatable bonds is 9. The highest BCUT2D eigenvalue weighted by Gasteiger charge is 2.06. The van der Waals surface area contributed by atoms with Gasteiger partial charge in [0, 0.05) is 46.0 Å². The van der Waals surface area contributed by atoms with Gasteiger partial charge in [0.1, 0.15) is 0 Å². The van der Waals surface area contributed by atoms with E-state index in [1.165, 1.54) is 0 Å². The summed E-state index contributed by atoms with van der Waals surface area (Å²) in [5.41, 5.74) is 1.05. The van der Waals surface area contributed by atoms with Crippen molar-refractivity contribution in [3.05, 3.63) is 18.0 Å². The molecule has 0 aliphatic heterocycles. The molecule has 0 fully saturated rings. The topological polar surface area (TPSA) is 48.3 Å². The molecule has 0 bridgehead atoms. The lowest BCUT2D eigenvalue weighted by molar-refractivity contribution is -0.138. The molecule has 17 heavy (non-hydrogen) atoms. The zero-order chi connectivity index (χ0) is 12.5. The minimum Gasteiger partial charge on any atom is -0.353 e. The normalized spacial score (nSPS) is 11.3. The Hall–Kier alpha value is -0.910. The van der Waals surface area contributed by atoms with Gasteiger partial charge in [-0.25, -0.2) is 0 Å². The molecule has 5 nitrogen and oxygen atoms in total. The maximum Gasteiger partial charge on any atom is 0.158 e. The van der Waals surface area contributed by atoms with Crippen molar-refractivity contribution in [1.82, 2.24) is 15.1 Å². The molecule has 1 heterocycles. The summed E-state index contributed by atoms with van der Waals surface area (Å²) >= 11 is 0. The summed E-state index contributed by atoms with van der Waals surface area (Å²) in [5.74, 6) is 0. The first-order valence-electron chi connectivity index (χ1n) is 6.18. The van der Waals surface area contributed by atoms with Gasteiger partial charge in [-0.05, 0) is 19.9 Å². The summed E-state index contributed by atoms with van der Waals surface area (Å²) < 4.78 is 12.7. The van der Waals surface area contributed by atoms with Crippen molar-refractivity contribution in [3.8, 4) is 0 Å². The average Bonchev–Trinajstić information content (AvgIpc) is 2.71. The van der Waals surface area contributed by atoms with Gasteiger partial charge in [0.2, 0.25) is 0 Å². The Morgan fingerprint density at radius 2 is 2.06 bits per heavy atom. The van der Waals surface area contributed by atoms with Crippen LogP contribution < -0.4 is 5.32 Å². The van der Waals surface area contributed by atoms with Crippen molar-refractivity contribution in [3.63, 3.8) is 0 Å². The molecule has 0 saturated carbocycles. The van der Waals surface area contributed by atoms with E-state index in [9.17, 15) is 0 Å². The first-order chi connectivity index (χ1) is 8.26. The van der Waals surface area contributed by atoms with E-state index >= 15 is 0 Å². The third kappa shape index (κ3) is 5.81. The van der Waals surface area contributed by atoms with Gasteiger partial charge in [-0.2, -0.15) is 5.10 Å². The summed E-state index contributed by atoms with van der Waals surface area (Å²) in [6, 6.07) is 2.01. The highest BCUT2D eigenvalue weighted by Crippen LogP contribution is 2.00. The standard InChI is InChI=1S/C12H23N3O2/c1-4-16-12(17-5-2)6-8-13-10-11-7-9-15(3)14-11/h7,9,12-13H,4-6,8,10H2,1-3H3. The molecule has 0 amide bonds. The van der Waals surface area contributed by atoms with Gasteiger partial charge in [-0.3, -0.25) is 4.68 Å². The lowest BCUT2D eigenvalue weighted by atomic mass is 10.3. The molecule has 0 radical (unpaired) electrons. The monoisotopic (exact) mass is 241 g/mol. The van der Waals surface area contributed by atoms with Gasteiger partial charge in [0.25, 0.3) is 0 Å². The van der Waals surface area contributed by atoms with Gasteiger partial charge in [-0.15, -0.1) is 0 Å². The highest BCUT2D eigenvalue weighted by molar-refractivity contribution is 4.97. The first-order valence-corrected chi connectivity index (χ1v) is 6.18. The van der Waals surface area contributed by atoms with Crippen molar-refractivity contribution < 1.29 is 9.47 Å². The Morgan fingerprint density at radius 3 is 2.59 bits per heavy atom. The number of nitrogens with one attached hydrogen (secondary N) is 1. The molecule has 0 aliphatic rings. The Balaban J connectivity index is 2.13. The highest BCUT2D eigenvalue weighted by atomic mass is 16.7. The van der Waals surface area contributed by atoms with Crippen molar-refractivity contribution >= 4 is 0 Å². The second-order valence-corrected chi connectivity index (χ2v) is 3.79. The second kappa shape index (κ2) is 8.22. The summed E-state index contributed by atoms with van der Waals surface area (Å²) in [4.78, 5) is 0. The van der Waals surface area contributed by atoms with E-state index in [1.54, 1.807) is 4.68 Å². The van der Waals surface area contributed by atoms with Crippen LogP contribution in [-0.4, -0.2) is 35.8 Å². The third-order valence-corrected chi connectivity index (χ3v) is 2.34. The molecule has 98 valence electrons. The predicted molar refractivity (Wildman–Crippen MR) is 66.6 cm³/mol. The van der Waals surface area contributed by atoms with E-state index < -0.39 is 0 Å². The Bertz CT molecular complexity index is 296. The Morgan fingerprint density at radius 1 is 1.35 bits per heavy atom. The van der Waals surface area contributed by atoms with Crippen molar-refractivity contribution in [2.75, 3.05) is 19.8 Å². The first kappa shape index (κ1) is 14.2. The van der Waals surface area contributed by atoms with Crippen LogP contribution in [0, 0.1) is 0 Å². The zero-order valence-electron chi connectivity index (χ0n) is 11.0. The molecule has 1 N–H and O–H groups in total. The van der Waals surface area contributed by atoms with Crippen molar-refractivity contribution in [2.24, 2.45) is 7.05 Å². The maximum absolute atomic E-state index is 5.46. The number of ether oxygens (including phenoxy) is 2. The SMILES string of the molecule is CCOC(CCNCc1ccn(C)n1)OCC. The smallest absolute Gasteiger partial charge is 0.158 e. The van der Waals surface area contributed by atoms with E-state index in [0.717, 1.165) is 25.2 Å². The largest absolute Gasteiger partial charge is 0.353 e. The molecular weight excluding hydrogens is 218 g/mol. The van der Waals surface area contributed by atoms with Gasteiger partial charge >= 0.3 is 0 Å². The van der Waals surface area contributed by atoms with Crippen molar-refractivity contribution in [1.29, 1.82) is 0 Å². The molecule has 0 saturated heterocycles. The fourth-order valence-corrected chi connectivity index (χ4v) is 1.58. The van der Waals surface area contributed by atoms with Crippen LogP contribution in [-0.2, 0) is 23.1 Å². The van der Waals surface area contributed by atoms with Gasteiger partial charge in [0.05, 0.1) is 5.69 Å². The molecule has 0 aromatic carbocycles. The molecule has 0 atom stereocenters. The number of aromatic nitrogens is 2.